The third-order valence-corrected chi connectivity index (χ3v) is 1.81. The molecule has 1 N–H and O–H groups in total. The molecule has 3 heteroatoms. The summed E-state index contributed by atoms with van der Waals surface area (Å²) in [7, 11) is 1.87. The summed E-state index contributed by atoms with van der Waals surface area (Å²) in [6.07, 6.45) is 0. The van der Waals surface area contributed by atoms with Crippen molar-refractivity contribution in [3.8, 4) is 0 Å². The van der Waals surface area contributed by atoms with Crippen molar-refractivity contribution in [1.82, 2.24) is 4.98 Å². The molecule has 0 atom stereocenters. The molecule has 44 valence electrons. The fourth-order valence-electron chi connectivity index (χ4n) is 0.469. The van der Waals surface area contributed by atoms with Gasteiger partial charge < -0.3 is 5.32 Å². The van der Waals surface area contributed by atoms with Gasteiger partial charge >= 0.3 is 0 Å². The van der Waals surface area contributed by atoms with Crippen molar-refractivity contribution >= 4 is 16.5 Å². The quantitative estimate of drug-likeness (QED) is 0.620. The van der Waals surface area contributed by atoms with Gasteiger partial charge in [-0.25, -0.2) is 4.98 Å². The number of hydrogen-bond acceptors (Lipinski definition) is 3. The molecule has 0 radical (unpaired) electrons. The summed E-state index contributed by atoms with van der Waals surface area (Å²) in [5.41, 5.74) is 1.08. The van der Waals surface area contributed by atoms with E-state index in [1.807, 2.05) is 19.4 Å². The van der Waals surface area contributed by atoms with Gasteiger partial charge in [0, 0.05) is 12.4 Å². The zero-order valence-electron chi connectivity index (χ0n) is 4.93. The normalized spacial score (nSPS) is 9.25. The molecule has 1 heterocycles. The molecular formula is C5H8N2S. The maximum Gasteiger partial charge on any atom is 0.182 e. The maximum absolute atomic E-state index is 4.14. The van der Waals surface area contributed by atoms with Crippen molar-refractivity contribution in [3.05, 3.63) is 11.1 Å². The molecule has 1 rings (SSSR count). The molecular weight excluding hydrogens is 120 g/mol. The van der Waals surface area contributed by atoms with Gasteiger partial charge in [-0.15, -0.1) is 11.3 Å². The molecule has 0 saturated carbocycles. The van der Waals surface area contributed by atoms with Crippen molar-refractivity contribution in [2.24, 2.45) is 0 Å². The fraction of sp³-hybridized carbons (Fsp3) is 0.400. The number of nitrogens with one attached hydrogen (secondary N) is 1. The lowest BCUT2D eigenvalue weighted by Crippen LogP contribution is -1.84. The second-order valence-corrected chi connectivity index (χ2v) is 2.40. The lowest BCUT2D eigenvalue weighted by Gasteiger charge is -1.85. The van der Waals surface area contributed by atoms with Gasteiger partial charge in [0.1, 0.15) is 0 Å². The topological polar surface area (TPSA) is 24.9 Å². The Labute approximate surface area is 52.6 Å². The first-order valence-electron chi connectivity index (χ1n) is 2.43. The van der Waals surface area contributed by atoms with E-state index in [9.17, 15) is 0 Å². The average Bonchev–Trinajstić information content (AvgIpc) is 2.14. The third kappa shape index (κ3) is 0.980. The first-order valence-corrected chi connectivity index (χ1v) is 3.31. The van der Waals surface area contributed by atoms with E-state index in [0.29, 0.717) is 0 Å². The van der Waals surface area contributed by atoms with Crippen LogP contribution in [0.5, 0.6) is 0 Å². The summed E-state index contributed by atoms with van der Waals surface area (Å²) in [5, 5.41) is 5.96. The number of anilines is 1. The zero-order valence-corrected chi connectivity index (χ0v) is 5.75. The van der Waals surface area contributed by atoms with Crippen LogP contribution in [-0.2, 0) is 0 Å². The predicted molar refractivity (Wildman–Crippen MR) is 36.4 cm³/mol. The number of nitrogens with zero attached hydrogens (tertiary/aromatic N) is 1. The molecule has 0 aromatic carbocycles. The molecule has 0 unspecified atom stereocenters. The molecule has 0 saturated heterocycles. The molecule has 0 aliphatic rings. The minimum Gasteiger partial charge on any atom is -0.365 e. The van der Waals surface area contributed by atoms with Gasteiger partial charge in [-0.05, 0) is 6.92 Å². The Morgan fingerprint density at radius 1 is 1.75 bits per heavy atom. The van der Waals surface area contributed by atoms with Gasteiger partial charge in [0.05, 0.1) is 5.69 Å². The monoisotopic (exact) mass is 128 g/mol. The molecule has 8 heavy (non-hydrogen) atoms. The van der Waals surface area contributed by atoms with E-state index in [2.05, 4.69) is 10.3 Å². The van der Waals surface area contributed by atoms with Crippen molar-refractivity contribution < 1.29 is 0 Å². The van der Waals surface area contributed by atoms with Crippen LogP contribution < -0.4 is 5.32 Å². The second-order valence-electron chi connectivity index (χ2n) is 1.54. The van der Waals surface area contributed by atoms with Crippen LogP contribution in [0.1, 0.15) is 5.69 Å². The van der Waals surface area contributed by atoms with E-state index >= 15 is 0 Å². The molecule has 0 aliphatic heterocycles. The highest BCUT2D eigenvalue weighted by atomic mass is 32.1. The molecule has 0 bridgehead atoms. The zero-order chi connectivity index (χ0) is 5.98. The van der Waals surface area contributed by atoms with Crippen LogP contribution in [0.15, 0.2) is 5.38 Å². The molecule has 0 amide bonds. The summed E-state index contributed by atoms with van der Waals surface area (Å²) in [4.78, 5) is 4.14. The SMILES string of the molecule is CNc1nc(C)cs1. The van der Waals surface area contributed by atoms with Crippen LogP contribution in [0.4, 0.5) is 5.13 Å². The molecule has 1 aromatic rings. The lowest BCUT2D eigenvalue weighted by molar-refractivity contribution is 1.25. The Bertz CT molecular complexity index is 171. The van der Waals surface area contributed by atoms with Gasteiger partial charge in [0.25, 0.3) is 0 Å². The van der Waals surface area contributed by atoms with E-state index < -0.39 is 0 Å². The predicted octanol–water partition coefficient (Wildman–Crippen LogP) is 1.49. The highest BCUT2D eigenvalue weighted by Crippen LogP contribution is 2.12. The second kappa shape index (κ2) is 2.13. The van der Waals surface area contributed by atoms with Crippen LogP contribution in [0.2, 0.25) is 0 Å². The van der Waals surface area contributed by atoms with E-state index in [-0.39, 0.29) is 0 Å². The lowest BCUT2D eigenvalue weighted by atomic mass is 10.6. The molecule has 0 fully saturated rings. The van der Waals surface area contributed by atoms with Crippen molar-refractivity contribution in [2.75, 3.05) is 12.4 Å². The van der Waals surface area contributed by atoms with Crippen molar-refractivity contribution in [1.29, 1.82) is 0 Å². The van der Waals surface area contributed by atoms with E-state index in [1.54, 1.807) is 11.3 Å². The number of thiazole rings is 1. The highest BCUT2D eigenvalue weighted by Gasteiger charge is 1.90. The summed E-state index contributed by atoms with van der Waals surface area (Å²) in [5.74, 6) is 0. The summed E-state index contributed by atoms with van der Waals surface area (Å²) < 4.78 is 0. The van der Waals surface area contributed by atoms with Gasteiger partial charge in [-0.3, -0.25) is 0 Å². The number of aryl methyl sites for hydroxylation is 1. The minimum absolute atomic E-state index is 0.988. The van der Waals surface area contributed by atoms with E-state index in [0.717, 1.165) is 10.8 Å². The van der Waals surface area contributed by atoms with Gasteiger partial charge in [0.2, 0.25) is 0 Å². The summed E-state index contributed by atoms with van der Waals surface area (Å²) in [6, 6.07) is 0. The van der Waals surface area contributed by atoms with Crippen molar-refractivity contribution in [2.45, 2.75) is 6.92 Å². The largest absolute Gasteiger partial charge is 0.365 e. The summed E-state index contributed by atoms with van der Waals surface area (Å²) >= 11 is 1.63. The van der Waals surface area contributed by atoms with E-state index in [1.165, 1.54) is 0 Å². The third-order valence-electron chi connectivity index (χ3n) is 0.833. The van der Waals surface area contributed by atoms with Gasteiger partial charge in [0.15, 0.2) is 5.13 Å². The molecule has 1 aromatic heterocycles. The van der Waals surface area contributed by atoms with Crippen LogP contribution in [0.25, 0.3) is 0 Å². The standard InChI is InChI=1S/C5H8N2S/c1-4-3-8-5(6-2)7-4/h3H,1-2H3,(H,6,7). The Balaban J connectivity index is 2.84. The molecule has 0 aliphatic carbocycles. The minimum atomic E-state index is 0.988. The Morgan fingerprint density at radius 3 is 2.75 bits per heavy atom. The van der Waals surface area contributed by atoms with Crippen LogP contribution in [-0.4, -0.2) is 12.0 Å². The Morgan fingerprint density at radius 2 is 2.50 bits per heavy atom. The van der Waals surface area contributed by atoms with Crippen molar-refractivity contribution in [3.63, 3.8) is 0 Å². The fourth-order valence-corrected chi connectivity index (χ4v) is 1.12. The maximum atomic E-state index is 4.14. The average molecular weight is 128 g/mol. The summed E-state index contributed by atoms with van der Waals surface area (Å²) in [6.45, 7) is 1.98. The molecule has 0 spiro atoms. The van der Waals surface area contributed by atoms with Gasteiger partial charge in [-0.2, -0.15) is 0 Å². The number of aromatic nitrogens is 1. The van der Waals surface area contributed by atoms with E-state index in [4.69, 9.17) is 0 Å². The smallest absolute Gasteiger partial charge is 0.182 e. The number of rotatable bonds is 1. The molecule has 2 nitrogen and oxygen atoms in total. The van der Waals surface area contributed by atoms with Crippen LogP contribution in [0, 0.1) is 6.92 Å². The van der Waals surface area contributed by atoms with Crippen LogP contribution >= 0.6 is 11.3 Å². The Hall–Kier alpha value is -0.570. The number of hydrogen-bond donors (Lipinski definition) is 1. The first kappa shape index (κ1) is 5.56. The first-order chi connectivity index (χ1) is 3.83. The van der Waals surface area contributed by atoms with Crippen LogP contribution in [0.3, 0.4) is 0 Å². The Kier molecular flexibility index (Phi) is 1.48. The van der Waals surface area contributed by atoms with Gasteiger partial charge in [-0.1, -0.05) is 0 Å². The highest BCUT2D eigenvalue weighted by molar-refractivity contribution is 7.13.